The molecule has 1 aliphatic heterocycles. The highest BCUT2D eigenvalue weighted by molar-refractivity contribution is 6.13. The van der Waals surface area contributed by atoms with E-state index in [2.05, 4.69) is 4.99 Å². The first-order valence-corrected chi connectivity index (χ1v) is 7.02. The molecule has 0 atom stereocenters. The smallest absolute Gasteiger partial charge is 0.277 e. The van der Waals surface area contributed by atoms with E-state index >= 15 is 0 Å². The van der Waals surface area contributed by atoms with Crippen molar-refractivity contribution in [1.29, 1.82) is 0 Å². The normalized spacial score (nSPS) is 12.2. The molecule has 3 rings (SSSR count). The molecule has 0 saturated carbocycles. The van der Waals surface area contributed by atoms with E-state index in [1.54, 1.807) is 36.4 Å². The van der Waals surface area contributed by atoms with Crippen LogP contribution in [-0.2, 0) is 0 Å². The molecule has 114 valence electrons. The summed E-state index contributed by atoms with van der Waals surface area (Å²) < 4.78 is 5.73. The molecule has 0 aliphatic carbocycles. The molecule has 23 heavy (non-hydrogen) atoms. The molecule has 0 aromatic heterocycles. The van der Waals surface area contributed by atoms with Crippen LogP contribution in [0, 0.1) is 0 Å². The quantitative estimate of drug-likeness (QED) is 0.811. The molecule has 1 amide bonds. The SMILES string of the molecule is CC(=O)c1ccc(Oc2ccc3c(c2)C=NC3=O)cc1C(C)=O. The summed E-state index contributed by atoms with van der Waals surface area (Å²) >= 11 is 0. The molecule has 0 spiro atoms. The number of benzene rings is 2. The van der Waals surface area contributed by atoms with Crippen LogP contribution in [0.3, 0.4) is 0 Å². The average molecular weight is 307 g/mol. The van der Waals surface area contributed by atoms with E-state index in [0.717, 1.165) is 0 Å². The van der Waals surface area contributed by atoms with Crippen molar-refractivity contribution in [2.45, 2.75) is 13.8 Å². The number of hydrogen-bond donors (Lipinski definition) is 0. The van der Waals surface area contributed by atoms with Crippen LogP contribution in [0.25, 0.3) is 0 Å². The number of ketones is 2. The van der Waals surface area contributed by atoms with E-state index in [0.29, 0.717) is 33.8 Å². The molecular weight excluding hydrogens is 294 g/mol. The lowest BCUT2D eigenvalue weighted by molar-refractivity contribution is 0.0980. The molecule has 0 unspecified atom stereocenters. The zero-order valence-electron chi connectivity index (χ0n) is 12.6. The van der Waals surface area contributed by atoms with Crippen molar-refractivity contribution in [2.24, 2.45) is 4.99 Å². The number of fused-ring (bicyclic) bond motifs is 1. The standard InChI is InChI=1S/C18H13NO4/c1-10(20)15-5-3-14(8-17(15)11(2)21)23-13-4-6-16-12(7-13)9-19-18(16)22/h3-9H,1-2H3. The molecule has 0 saturated heterocycles. The molecule has 0 radical (unpaired) electrons. The Balaban J connectivity index is 1.93. The fraction of sp³-hybridized carbons (Fsp3) is 0.111. The topological polar surface area (TPSA) is 72.8 Å². The summed E-state index contributed by atoms with van der Waals surface area (Å²) in [4.78, 5) is 38.4. The van der Waals surface area contributed by atoms with E-state index in [1.165, 1.54) is 20.1 Å². The maximum Gasteiger partial charge on any atom is 0.277 e. The van der Waals surface area contributed by atoms with Gasteiger partial charge in [-0.15, -0.1) is 0 Å². The number of Topliss-reactive ketones (excluding diaryl/α,β-unsaturated/α-hetero) is 2. The number of nitrogens with zero attached hydrogens (tertiary/aromatic N) is 1. The monoisotopic (exact) mass is 307 g/mol. The van der Waals surface area contributed by atoms with Crippen molar-refractivity contribution in [1.82, 2.24) is 0 Å². The molecule has 5 heteroatoms. The van der Waals surface area contributed by atoms with Gasteiger partial charge in [0.05, 0.1) is 5.56 Å². The first-order valence-electron chi connectivity index (χ1n) is 7.02. The molecule has 0 N–H and O–H groups in total. The van der Waals surface area contributed by atoms with Gasteiger partial charge < -0.3 is 4.74 Å². The minimum absolute atomic E-state index is 0.172. The Kier molecular flexibility index (Phi) is 3.62. The van der Waals surface area contributed by atoms with E-state index in [1.807, 2.05) is 0 Å². The summed E-state index contributed by atoms with van der Waals surface area (Å²) in [5.41, 5.74) is 1.93. The Bertz CT molecular complexity index is 881. The van der Waals surface area contributed by atoms with Gasteiger partial charge in [-0.05, 0) is 50.2 Å². The zero-order chi connectivity index (χ0) is 16.6. The van der Waals surface area contributed by atoms with Crippen LogP contribution in [0.1, 0.15) is 50.5 Å². The number of carbonyl (C=O) groups is 3. The lowest BCUT2D eigenvalue weighted by Gasteiger charge is -2.10. The lowest BCUT2D eigenvalue weighted by Crippen LogP contribution is -2.04. The predicted molar refractivity (Wildman–Crippen MR) is 84.9 cm³/mol. The van der Waals surface area contributed by atoms with Crippen LogP contribution in [0.5, 0.6) is 11.5 Å². The summed E-state index contributed by atoms with van der Waals surface area (Å²) in [6.45, 7) is 2.82. The fourth-order valence-electron chi connectivity index (χ4n) is 2.42. The second-order valence-corrected chi connectivity index (χ2v) is 5.23. The Morgan fingerprint density at radius 2 is 1.57 bits per heavy atom. The minimum atomic E-state index is -0.267. The maximum absolute atomic E-state index is 11.7. The summed E-state index contributed by atoms with van der Waals surface area (Å²) in [6.07, 6.45) is 1.49. The van der Waals surface area contributed by atoms with Gasteiger partial charge in [-0.1, -0.05) is 0 Å². The molecule has 0 bridgehead atoms. The molecule has 2 aromatic carbocycles. The molecular formula is C18H13NO4. The highest BCUT2D eigenvalue weighted by Crippen LogP contribution is 2.27. The van der Waals surface area contributed by atoms with Gasteiger partial charge in [0.25, 0.3) is 5.91 Å². The van der Waals surface area contributed by atoms with Gasteiger partial charge in [-0.3, -0.25) is 14.4 Å². The second kappa shape index (κ2) is 5.61. The fourth-order valence-corrected chi connectivity index (χ4v) is 2.42. The second-order valence-electron chi connectivity index (χ2n) is 5.23. The van der Waals surface area contributed by atoms with Gasteiger partial charge in [0, 0.05) is 22.9 Å². The Labute approximate surface area is 132 Å². The molecule has 1 aliphatic rings. The van der Waals surface area contributed by atoms with Crippen molar-refractivity contribution >= 4 is 23.7 Å². The van der Waals surface area contributed by atoms with Crippen LogP contribution < -0.4 is 4.74 Å². The highest BCUT2D eigenvalue weighted by Gasteiger charge is 2.17. The summed E-state index contributed by atoms with van der Waals surface area (Å²) in [5.74, 6) is 0.328. The van der Waals surface area contributed by atoms with Gasteiger partial charge in [0.15, 0.2) is 11.6 Å². The Morgan fingerprint density at radius 1 is 0.913 bits per heavy atom. The van der Waals surface area contributed by atoms with E-state index in [4.69, 9.17) is 4.74 Å². The van der Waals surface area contributed by atoms with Gasteiger partial charge in [-0.2, -0.15) is 0 Å². The maximum atomic E-state index is 11.7. The van der Waals surface area contributed by atoms with Crippen molar-refractivity contribution in [3.8, 4) is 11.5 Å². The third kappa shape index (κ3) is 2.81. The van der Waals surface area contributed by atoms with Crippen molar-refractivity contribution < 1.29 is 19.1 Å². The summed E-state index contributed by atoms with van der Waals surface area (Å²) in [5, 5.41) is 0. The first-order chi connectivity index (χ1) is 11.0. The summed E-state index contributed by atoms with van der Waals surface area (Å²) in [7, 11) is 0. The van der Waals surface area contributed by atoms with Gasteiger partial charge in [0.1, 0.15) is 11.5 Å². The molecule has 0 fully saturated rings. The van der Waals surface area contributed by atoms with Crippen LogP contribution in [-0.4, -0.2) is 23.7 Å². The van der Waals surface area contributed by atoms with Gasteiger partial charge in [0.2, 0.25) is 0 Å². The number of ether oxygens (including phenoxy) is 1. The van der Waals surface area contributed by atoms with Crippen molar-refractivity contribution in [2.75, 3.05) is 0 Å². The molecule has 5 nitrogen and oxygen atoms in total. The van der Waals surface area contributed by atoms with Crippen LogP contribution in [0.2, 0.25) is 0 Å². The number of hydrogen-bond acceptors (Lipinski definition) is 4. The number of carbonyl (C=O) groups excluding carboxylic acids is 3. The largest absolute Gasteiger partial charge is 0.457 e. The Hall–Kier alpha value is -3.08. The third-order valence-electron chi connectivity index (χ3n) is 3.56. The number of amides is 1. The lowest BCUT2D eigenvalue weighted by atomic mass is 10.0. The van der Waals surface area contributed by atoms with E-state index in [9.17, 15) is 14.4 Å². The number of aliphatic imine (C=N–C) groups is 1. The Morgan fingerprint density at radius 3 is 2.26 bits per heavy atom. The van der Waals surface area contributed by atoms with Crippen molar-refractivity contribution in [3.63, 3.8) is 0 Å². The van der Waals surface area contributed by atoms with E-state index < -0.39 is 0 Å². The van der Waals surface area contributed by atoms with Crippen molar-refractivity contribution in [3.05, 3.63) is 58.7 Å². The first kappa shape index (κ1) is 14.8. The average Bonchev–Trinajstić information content (AvgIpc) is 2.88. The van der Waals surface area contributed by atoms with Gasteiger partial charge in [-0.25, -0.2) is 4.99 Å². The van der Waals surface area contributed by atoms with Crippen LogP contribution in [0.15, 0.2) is 41.4 Å². The van der Waals surface area contributed by atoms with Gasteiger partial charge >= 0.3 is 0 Å². The predicted octanol–water partition coefficient (Wildman–Crippen LogP) is 3.46. The van der Waals surface area contributed by atoms with Crippen LogP contribution in [0.4, 0.5) is 0 Å². The van der Waals surface area contributed by atoms with E-state index in [-0.39, 0.29) is 17.5 Å². The zero-order valence-corrected chi connectivity index (χ0v) is 12.6. The molecule has 1 heterocycles. The highest BCUT2D eigenvalue weighted by atomic mass is 16.5. The number of rotatable bonds is 4. The summed E-state index contributed by atoms with van der Waals surface area (Å²) in [6, 6.07) is 9.78. The molecule has 2 aromatic rings. The van der Waals surface area contributed by atoms with Crippen LogP contribution >= 0.6 is 0 Å². The third-order valence-corrected chi connectivity index (χ3v) is 3.56. The minimum Gasteiger partial charge on any atom is -0.457 e.